The van der Waals surface area contributed by atoms with Crippen molar-refractivity contribution in [1.29, 1.82) is 0 Å². The van der Waals surface area contributed by atoms with Crippen molar-refractivity contribution in [1.82, 2.24) is 9.78 Å². The lowest BCUT2D eigenvalue weighted by molar-refractivity contribution is 0.112. The number of carbonyl (C=O) groups excluding carboxylic acids is 1. The van der Waals surface area contributed by atoms with Gasteiger partial charge in [0.2, 0.25) is 0 Å². The summed E-state index contributed by atoms with van der Waals surface area (Å²) in [7, 11) is 0. The Kier molecular flexibility index (Phi) is 3.73. The van der Waals surface area contributed by atoms with Crippen molar-refractivity contribution in [2.75, 3.05) is 0 Å². The van der Waals surface area contributed by atoms with Gasteiger partial charge in [-0.05, 0) is 24.1 Å². The molecule has 1 aromatic carbocycles. The van der Waals surface area contributed by atoms with E-state index in [9.17, 15) is 4.79 Å². The molecule has 0 bridgehead atoms. The van der Waals surface area contributed by atoms with Crippen LogP contribution in [0.25, 0.3) is 5.69 Å². The molecule has 0 saturated carbocycles. The smallest absolute Gasteiger partial charge is 0.153 e. The van der Waals surface area contributed by atoms with Gasteiger partial charge in [-0.1, -0.05) is 37.0 Å². The van der Waals surface area contributed by atoms with Crippen LogP contribution in [0, 0.1) is 0 Å². The molecule has 2 rings (SSSR count). The number of halogens is 2. The number of benzene rings is 1. The Morgan fingerprint density at radius 1 is 1.33 bits per heavy atom. The number of rotatable bonds is 3. The second-order valence-corrected chi connectivity index (χ2v) is 5.13. The number of carbonyl (C=O) groups is 1. The van der Waals surface area contributed by atoms with Crippen LogP contribution in [0.5, 0.6) is 0 Å². The normalized spacial score (nSPS) is 10.9. The molecule has 3 nitrogen and oxygen atoms in total. The van der Waals surface area contributed by atoms with Gasteiger partial charge in [-0.3, -0.25) is 4.79 Å². The molecule has 1 aromatic heterocycles. The summed E-state index contributed by atoms with van der Waals surface area (Å²) in [5.74, 6) is 0.178. The highest BCUT2D eigenvalue weighted by atomic mass is 35.5. The first-order valence-corrected chi connectivity index (χ1v) is 6.28. The van der Waals surface area contributed by atoms with Gasteiger partial charge in [0.15, 0.2) is 6.29 Å². The molecule has 0 spiro atoms. The summed E-state index contributed by atoms with van der Waals surface area (Å²) < 4.78 is 1.61. The molecule has 0 unspecified atom stereocenters. The highest BCUT2D eigenvalue weighted by molar-refractivity contribution is 6.35. The molecule has 1 heterocycles. The molecular formula is C13H12Cl2N2O. The van der Waals surface area contributed by atoms with Gasteiger partial charge in [0.05, 0.1) is 22.0 Å². The highest BCUT2D eigenvalue weighted by Crippen LogP contribution is 2.26. The molecule has 0 atom stereocenters. The molecule has 0 N–H and O–H groups in total. The molecular weight excluding hydrogens is 271 g/mol. The van der Waals surface area contributed by atoms with Crippen molar-refractivity contribution >= 4 is 29.5 Å². The average Bonchev–Trinajstić information content (AvgIpc) is 2.73. The Bertz CT molecular complexity index is 591. The highest BCUT2D eigenvalue weighted by Gasteiger charge is 2.14. The van der Waals surface area contributed by atoms with Gasteiger partial charge in [0.1, 0.15) is 0 Å². The van der Waals surface area contributed by atoms with E-state index in [0.717, 1.165) is 12.0 Å². The van der Waals surface area contributed by atoms with E-state index in [-0.39, 0.29) is 5.92 Å². The molecule has 2 aromatic rings. The Morgan fingerprint density at radius 2 is 2.06 bits per heavy atom. The van der Waals surface area contributed by atoms with E-state index in [1.165, 1.54) is 0 Å². The van der Waals surface area contributed by atoms with Crippen molar-refractivity contribution in [2.45, 2.75) is 19.8 Å². The molecule has 0 radical (unpaired) electrons. The summed E-state index contributed by atoms with van der Waals surface area (Å²) in [5.41, 5.74) is 2.04. The van der Waals surface area contributed by atoms with Crippen molar-refractivity contribution in [3.05, 3.63) is 45.7 Å². The first-order chi connectivity index (χ1) is 8.52. The minimum Gasteiger partial charge on any atom is -0.298 e. The van der Waals surface area contributed by atoms with E-state index in [4.69, 9.17) is 23.2 Å². The van der Waals surface area contributed by atoms with Crippen LogP contribution in [0.4, 0.5) is 0 Å². The molecule has 0 aliphatic rings. The van der Waals surface area contributed by atoms with Gasteiger partial charge < -0.3 is 0 Å². The minimum atomic E-state index is 0.178. The summed E-state index contributed by atoms with van der Waals surface area (Å²) >= 11 is 12.0. The fourth-order valence-corrected chi connectivity index (χ4v) is 2.23. The molecule has 94 valence electrons. The van der Waals surface area contributed by atoms with Crippen LogP contribution >= 0.6 is 23.2 Å². The molecule has 5 heteroatoms. The van der Waals surface area contributed by atoms with E-state index in [2.05, 4.69) is 5.10 Å². The van der Waals surface area contributed by atoms with Crippen LogP contribution in [0.1, 0.15) is 35.8 Å². The second-order valence-electron chi connectivity index (χ2n) is 4.28. The van der Waals surface area contributed by atoms with Crippen molar-refractivity contribution in [3.8, 4) is 5.69 Å². The molecule has 0 amide bonds. The third-order valence-corrected chi connectivity index (χ3v) is 3.14. The number of hydrogen-bond acceptors (Lipinski definition) is 2. The molecule has 18 heavy (non-hydrogen) atoms. The first-order valence-electron chi connectivity index (χ1n) is 5.53. The zero-order valence-corrected chi connectivity index (χ0v) is 11.5. The van der Waals surface area contributed by atoms with Crippen LogP contribution < -0.4 is 0 Å². The monoisotopic (exact) mass is 282 g/mol. The number of nitrogens with zero attached hydrogens (tertiary/aromatic N) is 2. The van der Waals surface area contributed by atoms with Crippen LogP contribution in [0.15, 0.2) is 24.4 Å². The topological polar surface area (TPSA) is 34.9 Å². The predicted octanol–water partition coefficient (Wildman–Crippen LogP) is 4.12. The summed E-state index contributed by atoms with van der Waals surface area (Å²) in [4.78, 5) is 11.0. The van der Waals surface area contributed by atoms with E-state index >= 15 is 0 Å². The van der Waals surface area contributed by atoms with Gasteiger partial charge in [0, 0.05) is 11.2 Å². The summed E-state index contributed by atoms with van der Waals surface area (Å²) in [5, 5.41) is 5.46. The van der Waals surface area contributed by atoms with Crippen molar-refractivity contribution in [3.63, 3.8) is 0 Å². The van der Waals surface area contributed by atoms with Crippen LogP contribution in [-0.2, 0) is 0 Å². The largest absolute Gasteiger partial charge is 0.298 e. The zero-order valence-electron chi connectivity index (χ0n) is 10.0. The number of aromatic nitrogens is 2. The Balaban J connectivity index is 2.54. The van der Waals surface area contributed by atoms with Crippen molar-refractivity contribution in [2.24, 2.45) is 0 Å². The lowest BCUT2D eigenvalue weighted by Gasteiger charge is -2.05. The van der Waals surface area contributed by atoms with Crippen LogP contribution in [0.3, 0.4) is 0 Å². The third kappa shape index (κ3) is 2.42. The van der Waals surface area contributed by atoms with Gasteiger partial charge in [-0.15, -0.1) is 0 Å². The third-order valence-electron chi connectivity index (χ3n) is 2.60. The Labute approximate surface area is 115 Å². The number of aldehydes is 1. The van der Waals surface area contributed by atoms with E-state index in [1.807, 2.05) is 13.8 Å². The van der Waals surface area contributed by atoms with E-state index < -0.39 is 0 Å². The molecule has 0 fully saturated rings. The Morgan fingerprint density at radius 3 is 2.56 bits per heavy atom. The lowest BCUT2D eigenvalue weighted by atomic mass is 10.1. The van der Waals surface area contributed by atoms with Gasteiger partial charge in [0.25, 0.3) is 0 Å². The first kappa shape index (κ1) is 13.1. The fourth-order valence-electron chi connectivity index (χ4n) is 1.73. The summed E-state index contributed by atoms with van der Waals surface area (Å²) in [6.07, 6.45) is 2.49. The van der Waals surface area contributed by atoms with Crippen LogP contribution in [0.2, 0.25) is 10.0 Å². The average molecular weight is 283 g/mol. The second kappa shape index (κ2) is 5.12. The number of hydrogen-bond donors (Lipinski definition) is 0. The van der Waals surface area contributed by atoms with E-state index in [0.29, 0.717) is 21.3 Å². The molecule has 0 saturated heterocycles. The summed E-state index contributed by atoms with van der Waals surface area (Å²) in [6, 6.07) is 5.16. The van der Waals surface area contributed by atoms with E-state index in [1.54, 1.807) is 29.1 Å². The fraction of sp³-hybridized carbons (Fsp3) is 0.231. The SMILES string of the molecule is CC(C)c1nn(-c2ccc(Cl)cc2Cl)cc1C=O. The minimum absolute atomic E-state index is 0.178. The predicted molar refractivity (Wildman–Crippen MR) is 73.1 cm³/mol. The molecule has 0 aliphatic heterocycles. The maximum absolute atomic E-state index is 11.0. The van der Waals surface area contributed by atoms with Crippen LogP contribution in [-0.4, -0.2) is 16.1 Å². The van der Waals surface area contributed by atoms with Crippen molar-refractivity contribution < 1.29 is 4.79 Å². The Hall–Kier alpha value is -1.32. The molecule has 0 aliphatic carbocycles. The maximum Gasteiger partial charge on any atom is 0.153 e. The zero-order chi connectivity index (χ0) is 13.3. The lowest BCUT2D eigenvalue weighted by Crippen LogP contribution is -1.98. The quantitative estimate of drug-likeness (QED) is 0.794. The summed E-state index contributed by atoms with van der Waals surface area (Å²) in [6.45, 7) is 3.98. The van der Waals surface area contributed by atoms with Gasteiger partial charge in [-0.25, -0.2) is 4.68 Å². The van der Waals surface area contributed by atoms with Gasteiger partial charge >= 0.3 is 0 Å². The van der Waals surface area contributed by atoms with Gasteiger partial charge in [-0.2, -0.15) is 5.10 Å². The standard InChI is InChI=1S/C13H12Cl2N2O/c1-8(2)13-9(7-18)6-17(16-13)12-4-3-10(14)5-11(12)15/h3-8H,1-2H3. The maximum atomic E-state index is 11.0.